The van der Waals surface area contributed by atoms with Crippen LogP contribution < -0.4 is 10.9 Å². The van der Waals surface area contributed by atoms with E-state index in [1.54, 1.807) is 24.3 Å². The molecule has 0 bridgehead atoms. The number of benzene rings is 2. The van der Waals surface area contributed by atoms with Gasteiger partial charge >= 0.3 is 6.18 Å². The fraction of sp³-hybridized carbons (Fsp3) is 0.375. The van der Waals surface area contributed by atoms with Gasteiger partial charge in [0.05, 0.1) is 22.2 Å². The molecule has 2 aromatic carbocycles. The second-order valence-electron chi connectivity index (χ2n) is 8.10. The molecule has 0 spiro atoms. The van der Waals surface area contributed by atoms with Crippen LogP contribution >= 0.6 is 11.8 Å². The number of amides is 1. The number of fused-ring (bicyclic) bond motifs is 1. The summed E-state index contributed by atoms with van der Waals surface area (Å²) in [6.45, 7) is 0. The number of carbonyl (C=O) groups excluding carboxylic acids is 1. The van der Waals surface area contributed by atoms with Crippen molar-refractivity contribution in [1.82, 2.24) is 14.9 Å². The standard InChI is InChI=1S/C24H24F3N3O2S/c25-24(26,27)16-7-6-8-18(15-16)30-22(32)19-9-3-4-10-20(19)29-23(30)33-14-5-1-2-11-21(31)28-17-12-13-17/h3-4,6-10,15,17H,1-2,5,11-14H2,(H,28,31). The zero-order valence-corrected chi connectivity index (χ0v) is 18.7. The second-order valence-corrected chi connectivity index (χ2v) is 9.16. The zero-order valence-electron chi connectivity index (χ0n) is 17.9. The third-order valence-corrected chi connectivity index (χ3v) is 6.42. The minimum Gasteiger partial charge on any atom is -0.353 e. The van der Waals surface area contributed by atoms with Crippen LogP contribution in [0.3, 0.4) is 0 Å². The van der Waals surface area contributed by atoms with Crippen molar-refractivity contribution in [3.8, 4) is 5.69 Å². The molecule has 0 radical (unpaired) electrons. The Kier molecular flexibility index (Phi) is 7.07. The molecule has 3 aromatic rings. The smallest absolute Gasteiger partial charge is 0.353 e. The molecular formula is C24H24F3N3O2S. The van der Waals surface area contributed by atoms with Crippen LogP contribution in [0.5, 0.6) is 0 Å². The van der Waals surface area contributed by atoms with E-state index in [1.807, 2.05) is 0 Å². The molecule has 33 heavy (non-hydrogen) atoms. The lowest BCUT2D eigenvalue weighted by molar-refractivity contribution is -0.137. The summed E-state index contributed by atoms with van der Waals surface area (Å²) in [6.07, 6.45) is 0.514. The summed E-state index contributed by atoms with van der Waals surface area (Å²) in [5, 5.41) is 3.66. The summed E-state index contributed by atoms with van der Waals surface area (Å²) >= 11 is 1.33. The van der Waals surface area contributed by atoms with Crippen molar-refractivity contribution in [2.75, 3.05) is 5.75 Å². The number of aromatic nitrogens is 2. The largest absolute Gasteiger partial charge is 0.416 e. The number of unbranched alkanes of at least 4 members (excludes halogenated alkanes) is 2. The summed E-state index contributed by atoms with van der Waals surface area (Å²) < 4.78 is 41.0. The monoisotopic (exact) mass is 475 g/mol. The third kappa shape index (κ3) is 5.96. The quantitative estimate of drug-likeness (QED) is 0.258. The molecule has 1 aromatic heterocycles. The average molecular weight is 476 g/mol. The molecule has 0 saturated heterocycles. The van der Waals surface area contributed by atoms with Crippen LogP contribution in [0.15, 0.2) is 58.5 Å². The summed E-state index contributed by atoms with van der Waals surface area (Å²) in [6, 6.07) is 11.9. The van der Waals surface area contributed by atoms with Crippen LogP contribution in [0.1, 0.15) is 44.1 Å². The van der Waals surface area contributed by atoms with Gasteiger partial charge in [-0.15, -0.1) is 0 Å². The first-order valence-corrected chi connectivity index (χ1v) is 11.9. The van der Waals surface area contributed by atoms with Crippen LogP contribution in [0.2, 0.25) is 0 Å². The Morgan fingerprint density at radius 1 is 1.09 bits per heavy atom. The highest BCUT2D eigenvalue weighted by atomic mass is 32.2. The van der Waals surface area contributed by atoms with Crippen molar-refractivity contribution in [1.29, 1.82) is 0 Å². The predicted octanol–water partition coefficient (Wildman–Crippen LogP) is 5.34. The molecule has 0 atom stereocenters. The van der Waals surface area contributed by atoms with Gasteiger partial charge in [0.1, 0.15) is 0 Å². The number of rotatable bonds is 9. The first-order valence-electron chi connectivity index (χ1n) is 10.9. The molecule has 1 aliphatic rings. The summed E-state index contributed by atoms with van der Waals surface area (Å²) in [4.78, 5) is 29.5. The number of halogens is 3. The number of carbonyl (C=O) groups is 1. The Morgan fingerprint density at radius 3 is 2.64 bits per heavy atom. The van der Waals surface area contributed by atoms with Gasteiger partial charge in [-0.2, -0.15) is 13.2 Å². The molecule has 1 aliphatic carbocycles. The average Bonchev–Trinajstić information content (AvgIpc) is 3.60. The number of nitrogens with one attached hydrogen (secondary N) is 1. The lowest BCUT2D eigenvalue weighted by Crippen LogP contribution is -2.24. The van der Waals surface area contributed by atoms with E-state index in [0.29, 0.717) is 34.3 Å². The molecule has 1 fully saturated rings. The lowest BCUT2D eigenvalue weighted by atomic mass is 10.2. The van der Waals surface area contributed by atoms with E-state index in [0.717, 1.165) is 44.2 Å². The van der Waals surface area contributed by atoms with Gasteiger partial charge in [-0.3, -0.25) is 14.2 Å². The number of para-hydroxylation sites is 1. The number of hydrogen-bond acceptors (Lipinski definition) is 4. The molecule has 0 aliphatic heterocycles. The van der Waals surface area contributed by atoms with Gasteiger partial charge in [0.15, 0.2) is 5.16 Å². The van der Waals surface area contributed by atoms with Gasteiger partial charge < -0.3 is 5.32 Å². The van der Waals surface area contributed by atoms with Crippen molar-refractivity contribution in [3.63, 3.8) is 0 Å². The maximum atomic E-state index is 13.3. The lowest BCUT2D eigenvalue weighted by Gasteiger charge is -2.15. The Bertz CT molecular complexity index is 1210. The van der Waals surface area contributed by atoms with Crippen molar-refractivity contribution >= 4 is 28.6 Å². The van der Waals surface area contributed by atoms with E-state index in [-0.39, 0.29) is 11.6 Å². The summed E-state index contributed by atoms with van der Waals surface area (Å²) in [5.41, 5.74) is -0.586. The Hall–Kier alpha value is -2.81. The van der Waals surface area contributed by atoms with Crippen LogP contribution in [-0.4, -0.2) is 27.3 Å². The topological polar surface area (TPSA) is 64.0 Å². The molecule has 174 valence electrons. The molecule has 5 nitrogen and oxygen atoms in total. The number of thioether (sulfide) groups is 1. The first kappa shape index (κ1) is 23.4. The molecule has 1 saturated carbocycles. The number of hydrogen-bond donors (Lipinski definition) is 1. The van der Waals surface area contributed by atoms with Crippen LogP contribution in [0.4, 0.5) is 13.2 Å². The van der Waals surface area contributed by atoms with Crippen molar-refractivity contribution in [3.05, 3.63) is 64.4 Å². The van der Waals surface area contributed by atoms with Gasteiger partial charge in [0.25, 0.3) is 5.56 Å². The minimum absolute atomic E-state index is 0.0831. The second kappa shape index (κ2) is 9.99. The number of alkyl halides is 3. The van der Waals surface area contributed by atoms with Crippen LogP contribution in [0.25, 0.3) is 16.6 Å². The van der Waals surface area contributed by atoms with E-state index in [2.05, 4.69) is 10.3 Å². The normalized spacial score (nSPS) is 13.9. The maximum Gasteiger partial charge on any atom is 0.416 e. The number of nitrogens with zero attached hydrogens (tertiary/aromatic N) is 2. The molecule has 1 amide bonds. The van der Waals surface area contributed by atoms with Crippen LogP contribution in [-0.2, 0) is 11.0 Å². The zero-order chi connectivity index (χ0) is 23.4. The maximum absolute atomic E-state index is 13.3. The van der Waals surface area contributed by atoms with Gasteiger partial charge in [-0.25, -0.2) is 4.98 Å². The van der Waals surface area contributed by atoms with Crippen molar-refractivity contribution in [2.45, 2.75) is 55.9 Å². The molecule has 4 rings (SSSR count). The van der Waals surface area contributed by atoms with Gasteiger partial charge in [0, 0.05) is 18.2 Å². The fourth-order valence-corrected chi connectivity index (χ4v) is 4.52. The van der Waals surface area contributed by atoms with Gasteiger partial charge in [0.2, 0.25) is 5.91 Å². The molecule has 1 N–H and O–H groups in total. The van der Waals surface area contributed by atoms with E-state index >= 15 is 0 Å². The van der Waals surface area contributed by atoms with E-state index < -0.39 is 17.3 Å². The highest BCUT2D eigenvalue weighted by Crippen LogP contribution is 2.31. The van der Waals surface area contributed by atoms with Gasteiger partial charge in [-0.05, 0) is 56.0 Å². The predicted molar refractivity (Wildman–Crippen MR) is 123 cm³/mol. The Morgan fingerprint density at radius 2 is 1.88 bits per heavy atom. The van der Waals surface area contributed by atoms with E-state index in [4.69, 9.17) is 0 Å². The summed E-state index contributed by atoms with van der Waals surface area (Å²) in [7, 11) is 0. The van der Waals surface area contributed by atoms with Crippen molar-refractivity contribution < 1.29 is 18.0 Å². The van der Waals surface area contributed by atoms with Gasteiger partial charge in [-0.1, -0.05) is 36.4 Å². The molecule has 0 unspecified atom stereocenters. The molecular weight excluding hydrogens is 451 g/mol. The Labute approximate surface area is 193 Å². The van der Waals surface area contributed by atoms with Crippen LogP contribution in [0, 0.1) is 0 Å². The fourth-order valence-electron chi connectivity index (χ4n) is 3.51. The van der Waals surface area contributed by atoms with E-state index in [1.165, 1.54) is 28.5 Å². The highest BCUT2D eigenvalue weighted by Gasteiger charge is 2.31. The molecule has 9 heteroatoms. The minimum atomic E-state index is -4.51. The highest BCUT2D eigenvalue weighted by molar-refractivity contribution is 7.99. The molecule has 1 heterocycles. The third-order valence-electron chi connectivity index (χ3n) is 5.40. The van der Waals surface area contributed by atoms with Crippen molar-refractivity contribution in [2.24, 2.45) is 0 Å². The summed E-state index contributed by atoms with van der Waals surface area (Å²) in [5.74, 6) is 0.716. The van der Waals surface area contributed by atoms with E-state index in [9.17, 15) is 22.8 Å². The SMILES string of the molecule is O=C(CCCCCSc1nc2ccccc2c(=O)n1-c1cccc(C(F)(F)F)c1)NC1CC1. The first-order chi connectivity index (χ1) is 15.8. The Balaban J connectivity index is 1.51.